The molecule has 0 radical (unpaired) electrons. The summed E-state index contributed by atoms with van der Waals surface area (Å²) in [7, 11) is 0. The van der Waals surface area contributed by atoms with Gasteiger partial charge in [0.15, 0.2) is 0 Å². The first kappa shape index (κ1) is 15.9. The highest BCUT2D eigenvalue weighted by atomic mass is 19.4. The van der Waals surface area contributed by atoms with Crippen molar-refractivity contribution in [1.82, 2.24) is 10.6 Å². The third-order valence-electron chi connectivity index (χ3n) is 4.15. The Morgan fingerprint density at radius 2 is 1.74 bits per heavy atom. The Bertz CT molecular complexity index is 550. The monoisotopic (exact) mass is 329 g/mol. The third kappa shape index (κ3) is 4.51. The van der Waals surface area contributed by atoms with Gasteiger partial charge in [-0.15, -0.1) is 13.2 Å². The summed E-state index contributed by atoms with van der Waals surface area (Å²) in [6.07, 6.45) is -0.623. The molecule has 2 saturated heterocycles. The van der Waals surface area contributed by atoms with E-state index in [9.17, 15) is 18.0 Å². The van der Waals surface area contributed by atoms with Crippen LogP contribution in [0.2, 0.25) is 0 Å². The molecule has 3 N–H and O–H groups in total. The van der Waals surface area contributed by atoms with E-state index >= 15 is 0 Å². The molecule has 126 valence electrons. The number of amides is 2. The van der Waals surface area contributed by atoms with Gasteiger partial charge in [-0.3, -0.25) is 0 Å². The third-order valence-corrected chi connectivity index (χ3v) is 4.15. The molecule has 0 aromatic heterocycles. The van der Waals surface area contributed by atoms with Gasteiger partial charge >= 0.3 is 12.4 Å². The molecule has 8 heteroatoms. The smallest absolute Gasteiger partial charge is 0.406 e. The minimum absolute atomic E-state index is 0.126. The molecule has 1 aromatic rings. The van der Waals surface area contributed by atoms with Crippen molar-refractivity contribution in [2.75, 3.05) is 5.32 Å². The first-order valence-corrected chi connectivity index (χ1v) is 7.57. The molecule has 3 rings (SSSR count). The van der Waals surface area contributed by atoms with Gasteiger partial charge in [0, 0.05) is 23.8 Å². The zero-order chi connectivity index (χ0) is 16.4. The summed E-state index contributed by atoms with van der Waals surface area (Å²) in [5.74, 6) is -0.321. The van der Waals surface area contributed by atoms with Gasteiger partial charge in [-0.25, -0.2) is 4.79 Å². The number of rotatable bonds is 3. The Labute approximate surface area is 131 Å². The molecule has 2 atom stereocenters. The number of nitrogens with one attached hydrogen (secondary N) is 3. The first-order valence-electron chi connectivity index (χ1n) is 7.57. The predicted molar refractivity (Wildman–Crippen MR) is 78.2 cm³/mol. The van der Waals surface area contributed by atoms with Crippen LogP contribution in [0.4, 0.5) is 23.7 Å². The number of anilines is 1. The van der Waals surface area contributed by atoms with Crippen LogP contribution in [0.3, 0.4) is 0 Å². The van der Waals surface area contributed by atoms with Crippen LogP contribution in [0.15, 0.2) is 24.3 Å². The predicted octanol–water partition coefficient (Wildman–Crippen LogP) is 2.99. The molecule has 2 unspecified atom stereocenters. The van der Waals surface area contributed by atoms with Crippen LogP contribution in [-0.2, 0) is 0 Å². The Balaban J connectivity index is 1.50. The summed E-state index contributed by atoms with van der Waals surface area (Å²) in [5, 5.41) is 9.03. The maximum absolute atomic E-state index is 12.1. The average Bonchev–Trinajstić information content (AvgIpc) is 2.78. The lowest BCUT2D eigenvalue weighted by atomic mass is 10.0. The van der Waals surface area contributed by atoms with Crippen LogP contribution in [0.1, 0.15) is 25.7 Å². The number of urea groups is 1. The number of fused-ring (bicyclic) bond motifs is 2. The maximum Gasteiger partial charge on any atom is 0.573 e. The molecular formula is C15H18F3N3O2. The van der Waals surface area contributed by atoms with Crippen LogP contribution in [0, 0.1) is 0 Å². The quantitative estimate of drug-likeness (QED) is 0.799. The average molecular weight is 329 g/mol. The van der Waals surface area contributed by atoms with Gasteiger partial charge in [0.1, 0.15) is 5.75 Å². The van der Waals surface area contributed by atoms with Crippen molar-refractivity contribution in [3.05, 3.63) is 24.3 Å². The van der Waals surface area contributed by atoms with Crippen molar-refractivity contribution in [1.29, 1.82) is 0 Å². The first-order chi connectivity index (χ1) is 10.9. The highest BCUT2D eigenvalue weighted by molar-refractivity contribution is 5.89. The fraction of sp³-hybridized carbons (Fsp3) is 0.533. The number of hydrogen-bond acceptors (Lipinski definition) is 3. The number of hydrogen-bond donors (Lipinski definition) is 3. The zero-order valence-electron chi connectivity index (χ0n) is 12.3. The Morgan fingerprint density at radius 1 is 1.13 bits per heavy atom. The molecule has 0 aliphatic carbocycles. The van der Waals surface area contributed by atoms with E-state index in [1.54, 1.807) is 0 Å². The number of alkyl halides is 3. The molecule has 0 saturated carbocycles. The van der Waals surface area contributed by atoms with Crippen LogP contribution in [0.5, 0.6) is 5.75 Å². The molecule has 1 aromatic carbocycles. The van der Waals surface area contributed by atoms with E-state index in [1.165, 1.54) is 12.1 Å². The number of piperidine rings is 1. The summed E-state index contributed by atoms with van der Waals surface area (Å²) < 4.78 is 40.0. The SMILES string of the molecule is O=C(Nc1ccc(OC(F)(F)F)cc1)NC1CC2CCC(C1)N2. The molecule has 23 heavy (non-hydrogen) atoms. The van der Waals surface area contributed by atoms with Gasteiger partial charge in [-0.05, 0) is 49.9 Å². The van der Waals surface area contributed by atoms with Gasteiger partial charge in [-0.2, -0.15) is 0 Å². The van der Waals surface area contributed by atoms with Crippen molar-refractivity contribution in [2.45, 2.75) is 50.2 Å². The van der Waals surface area contributed by atoms with Crippen molar-refractivity contribution in [3.63, 3.8) is 0 Å². The number of carbonyl (C=O) groups is 1. The van der Waals surface area contributed by atoms with Crippen LogP contribution in [0.25, 0.3) is 0 Å². The van der Waals surface area contributed by atoms with Crippen molar-refractivity contribution >= 4 is 11.7 Å². The lowest BCUT2D eigenvalue weighted by molar-refractivity contribution is -0.274. The van der Waals surface area contributed by atoms with E-state index < -0.39 is 6.36 Å². The van der Waals surface area contributed by atoms with Gasteiger partial charge in [0.25, 0.3) is 0 Å². The van der Waals surface area contributed by atoms with Crippen molar-refractivity contribution in [2.24, 2.45) is 0 Å². The summed E-state index contributed by atoms with van der Waals surface area (Å²) in [5.41, 5.74) is 0.411. The molecule has 5 nitrogen and oxygen atoms in total. The van der Waals surface area contributed by atoms with E-state index in [4.69, 9.17) is 0 Å². The fourth-order valence-electron chi connectivity index (χ4n) is 3.27. The minimum atomic E-state index is -4.72. The Kier molecular flexibility index (Phi) is 4.34. The molecule has 2 heterocycles. The zero-order valence-corrected chi connectivity index (χ0v) is 12.3. The van der Waals surface area contributed by atoms with Crippen molar-refractivity contribution < 1.29 is 22.7 Å². The normalized spacial score (nSPS) is 26.7. The van der Waals surface area contributed by atoms with Crippen LogP contribution in [-0.4, -0.2) is 30.5 Å². The number of halogens is 3. The lowest BCUT2D eigenvalue weighted by Gasteiger charge is -2.29. The minimum Gasteiger partial charge on any atom is -0.406 e. The Hall–Kier alpha value is -1.96. The summed E-state index contributed by atoms with van der Waals surface area (Å²) in [6, 6.07) is 5.78. The van der Waals surface area contributed by atoms with E-state index in [2.05, 4.69) is 20.7 Å². The number of ether oxygens (including phenoxy) is 1. The highest BCUT2D eigenvalue weighted by Gasteiger charge is 2.34. The second-order valence-corrected chi connectivity index (χ2v) is 5.98. The van der Waals surface area contributed by atoms with E-state index in [1.807, 2.05) is 0 Å². The Morgan fingerprint density at radius 3 is 2.30 bits per heavy atom. The summed E-state index contributed by atoms with van der Waals surface area (Å²) in [4.78, 5) is 12.0. The second kappa shape index (κ2) is 6.27. The summed E-state index contributed by atoms with van der Waals surface area (Å²) >= 11 is 0. The molecule has 2 fully saturated rings. The van der Waals surface area contributed by atoms with Crippen LogP contribution < -0.4 is 20.7 Å². The fourth-order valence-corrected chi connectivity index (χ4v) is 3.27. The van der Waals surface area contributed by atoms with Gasteiger partial charge in [0.2, 0.25) is 0 Å². The van der Waals surface area contributed by atoms with Gasteiger partial charge in [0.05, 0.1) is 0 Å². The molecule has 0 spiro atoms. The molecule has 2 bridgehead atoms. The van der Waals surface area contributed by atoms with Crippen LogP contribution >= 0.6 is 0 Å². The second-order valence-electron chi connectivity index (χ2n) is 5.98. The summed E-state index contributed by atoms with van der Waals surface area (Å²) in [6.45, 7) is 0. The molecular weight excluding hydrogens is 311 g/mol. The van der Waals surface area contributed by atoms with Gasteiger partial charge < -0.3 is 20.7 Å². The molecule has 2 aliphatic heterocycles. The lowest BCUT2D eigenvalue weighted by Crippen LogP contribution is -2.49. The van der Waals surface area contributed by atoms with E-state index in [-0.39, 0.29) is 17.8 Å². The van der Waals surface area contributed by atoms with Crippen molar-refractivity contribution in [3.8, 4) is 5.75 Å². The van der Waals surface area contributed by atoms with Gasteiger partial charge in [-0.1, -0.05) is 0 Å². The number of benzene rings is 1. The standard InChI is InChI=1S/C15H18F3N3O2/c16-15(17,18)23-13-5-3-9(4-6-13)20-14(22)21-12-7-10-1-2-11(8-12)19-10/h3-6,10-12,19H,1-2,7-8H2,(H2,20,21,22). The van der Waals surface area contributed by atoms with E-state index in [0.717, 1.165) is 37.8 Å². The number of carbonyl (C=O) groups excluding carboxylic acids is 1. The topological polar surface area (TPSA) is 62.4 Å². The van der Waals surface area contributed by atoms with E-state index in [0.29, 0.717) is 17.8 Å². The largest absolute Gasteiger partial charge is 0.573 e. The highest BCUT2D eigenvalue weighted by Crippen LogP contribution is 2.27. The maximum atomic E-state index is 12.1. The molecule has 2 aliphatic rings. The molecule has 2 amide bonds.